The number of nitrogens with zero attached hydrogens (tertiary/aromatic N) is 6. The zero-order chi connectivity index (χ0) is 42.7. The highest BCUT2D eigenvalue weighted by Crippen LogP contribution is 2.43. The first-order valence-corrected chi connectivity index (χ1v) is 21.8. The summed E-state index contributed by atoms with van der Waals surface area (Å²) < 4.78 is 36.0. The van der Waals surface area contributed by atoms with Crippen LogP contribution in [0.15, 0.2) is 102 Å². The Labute approximate surface area is 358 Å². The van der Waals surface area contributed by atoms with Gasteiger partial charge in [-0.3, -0.25) is 14.9 Å². The van der Waals surface area contributed by atoms with Crippen molar-refractivity contribution in [3.05, 3.63) is 119 Å². The minimum Gasteiger partial charge on any atom is -0.455 e. The van der Waals surface area contributed by atoms with Crippen molar-refractivity contribution >= 4 is 61.2 Å². The first-order valence-electron chi connectivity index (χ1n) is 19.9. The summed E-state index contributed by atoms with van der Waals surface area (Å²) in [7, 11) is -4.51. The second-order valence-electron chi connectivity index (χ2n) is 16.0. The summed E-state index contributed by atoms with van der Waals surface area (Å²) in [4.78, 5) is 25.8. The molecule has 2 aliphatic rings. The number of aromatic nitrogens is 5. The number of halogens is 1. The zero-order valence-electron chi connectivity index (χ0n) is 33.7. The number of rotatable bonds is 14. The maximum absolute atomic E-state index is 13.9. The van der Waals surface area contributed by atoms with Gasteiger partial charge in [-0.2, -0.15) is 15.4 Å². The number of H-pyrrole nitrogens is 2. The number of anilines is 3. The normalized spacial score (nSPS) is 15.9. The molecule has 0 radical (unpaired) electrons. The number of aromatic amines is 2. The number of carbonyl (C=O) groups is 1. The van der Waals surface area contributed by atoms with Crippen molar-refractivity contribution in [3.8, 4) is 11.5 Å². The summed E-state index contributed by atoms with van der Waals surface area (Å²) >= 11 is 6.24. The number of hydroxylamine groups is 1. The number of nitrogens with one attached hydrogen (secondary N) is 4. The Kier molecular flexibility index (Phi) is 12.0. The van der Waals surface area contributed by atoms with Crippen molar-refractivity contribution in [1.82, 2.24) is 35.0 Å². The summed E-state index contributed by atoms with van der Waals surface area (Å²) in [5.41, 5.74) is 6.59. The molecular formula is C43H47ClN10O6S. The fourth-order valence-electron chi connectivity index (χ4n) is 7.83. The standard InChI is InChI=1S/C43H47ClN10O6S/c1-43(2)13-11-30(37(22-43)28-3-5-31(44)6-4-28)26-52-15-17-53(18-16-52)33-7-9-36(40(20-33)60-34-19-29-12-14-45-41(29)47-25-34)42(56)50-61(58,59)35-8-10-38(39(21-35)54(57)27-55)46-23-32-24-48-51-49-32/h3-10,12,14,19-21,24-25,46,55,57H,11,13,15-18,22-23,26-27H2,1-2H3,(H,45,47)(H,50,56)(H,48,49,51). The van der Waals surface area contributed by atoms with Gasteiger partial charge in [-0.1, -0.05) is 43.2 Å². The van der Waals surface area contributed by atoms with Gasteiger partial charge in [0.1, 0.15) is 29.6 Å². The molecule has 0 unspecified atom stereocenters. The number of piperazine rings is 1. The predicted molar refractivity (Wildman–Crippen MR) is 233 cm³/mol. The Hall–Kier alpha value is -5.98. The summed E-state index contributed by atoms with van der Waals surface area (Å²) in [6.07, 6.45) is 7.99. The molecule has 1 fully saturated rings. The quantitative estimate of drug-likeness (QED) is 0.0494. The maximum Gasteiger partial charge on any atom is 0.268 e. The number of benzene rings is 3. The van der Waals surface area contributed by atoms with Crippen LogP contribution in [0.4, 0.5) is 17.1 Å². The number of hydrogen-bond acceptors (Lipinski definition) is 13. The van der Waals surface area contributed by atoms with Crippen molar-refractivity contribution < 1.29 is 28.3 Å². The average Bonchev–Trinajstić information content (AvgIpc) is 3.96. The van der Waals surface area contributed by atoms with E-state index in [1.54, 1.807) is 30.5 Å². The number of pyridine rings is 1. The van der Waals surface area contributed by atoms with Crippen LogP contribution in [-0.4, -0.2) is 94.4 Å². The van der Waals surface area contributed by atoms with E-state index in [0.29, 0.717) is 27.8 Å². The number of hydrogen-bond donors (Lipinski definition) is 6. The van der Waals surface area contributed by atoms with Gasteiger partial charge in [0.05, 0.1) is 40.8 Å². The van der Waals surface area contributed by atoms with Crippen LogP contribution >= 0.6 is 11.6 Å². The first-order chi connectivity index (χ1) is 29.3. The van der Waals surface area contributed by atoms with Gasteiger partial charge < -0.3 is 25.0 Å². The van der Waals surface area contributed by atoms with Gasteiger partial charge in [-0.05, 0) is 90.4 Å². The van der Waals surface area contributed by atoms with Crippen LogP contribution in [0.25, 0.3) is 16.6 Å². The van der Waals surface area contributed by atoms with E-state index in [1.807, 2.05) is 18.2 Å². The third-order valence-electron chi connectivity index (χ3n) is 11.2. The van der Waals surface area contributed by atoms with Gasteiger partial charge in [-0.15, -0.1) is 0 Å². The predicted octanol–water partition coefficient (Wildman–Crippen LogP) is 6.79. The Morgan fingerprint density at radius 2 is 1.82 bits per heavy atom. The molecule has 0 atom stereocenters. The Balaban J connectivity index is 1.02. The minimum absolute atomic E-state index is 0.0210. The third-order valence-corrected chi connectivity index (χ3v) is 12.8. The van der Waals surface area contributed by atoms with E-state index in [-0.39, 0.29) is 33.9 Å². The van der Waals surface area contributed by atoms with E-state index in [0.717, 1.165) is 74.1 Å². The van der Waals surface area contributed by atoms with Crippen molar-refractivity contribution in [3.63, 3.8) is 0 Å². The van der Waals surface area contributed by atoms with Gasteiger partial charge >= 0.3 is 0 Å². The van der Waals surface area contributed by atoms with E-state index in [4.69, 9.17) is 16.3 Å². The van der Waals surface area contributed by atoms with E-state index < -0.39 is 22.7 Å². The van der Waals surface area contributed by atoms with Crippen LogP contribution in [0, 0.1) is 5.41 Å². The van der Waals surface area contributed by atoms with Crippen molar-refractivity contribution in [2.75, 3.05) is 54.7 Å². The lowest BCUT2D eigenvalue weighted by Crippen LogP contribution is -2.47. The Morgan fingerprint density at radius 3 is 2.57 bits per heavy atom. The summed E-state index contributed by atoms with van der Waals surface area (Å²) in [5.74, 6) is -0.432. The zero-order valence-corrected chi connectivity index (χ0v) is 35.3. The number of aliphatic hydroxyl groups excluding tert-OH is 1. The SMILES string of the molecule is CC1(C)CCC(CN2CCN(c3ccc(C(=O)NS(=O)(=O)c4ccc(NCc5cn[nH]n5)c(N(O)CO)c4)c(Oc4cnc5[nH]ccc5c4)c3)CC2)=C(c2ccc(Cl)cc2)C1. The summed E-state index contributed by atoms with van der Waals surface area (Å²) in [6.45, 7) is 8.02. The second kappa shape index (κ2) is 17.6. The molecule has 61 heavy (non-hydrogen) atoms. The number of amides is 1. The number of sulfonamides is 1. The van der Waals surface area contributed by atoms with Gasteiger partial charge in [0.15, 0.2) is 0 Å². The van der Waals surface area contributed by atoms with Gasteiger partial charge in [-0.25, -0.2) is 23.2 Å². The van der Waals surface area contributed by atoms with E-state index in [2.05, 4.69) is 71.2 Å². The van der Waals surface area contributed by atoms with Gasteiger partial charge in [0.2, 0.25) is 0 Å². The molecule has 3 aromatic heterocycles. The number of carbonyl (C=O) groups excluding carboxylic acids is 1. The highest BCUT2D eigenvalue weighted by atomic mass is 35.5. The van der Waals surface area contributed by atoms with E-state index in [1.165, 1.54) is 41.2 Å². The van der Waals surface area contributed by atoms with Gasteiger partial charge in [0, 0.05) is 61.1 Å². The molecule has 4 heterocycles. The smallest absolute Gasteiger partial charge is 0.268 e. The van der Waals surface area contributed by atoms with Crippen LogP contribution in [0.2, 0.25) is 5.02 Å². The van der Waals surface area contributed by atoms with Crippen LogP contribution in [0.3, 0.4) is 0 Å². The molecule has 8 rings (SSSR count). The third kappa shape index (κ3) is 9.66. The Bertz CT molecular complexity index is 2660. The van der Waals surface area contributed by atoms with Crippen LogP contribution in [0.5, 0.6) is 11.5 Å². The molecule has 16 nitrogen and oxygen atoms in total. The molecule has 18 heteroatoms. The molecule has 1 aliphatic heterocycles. The lowest BCUT2D eigenvalue weighted by Gasteiger charge is -2.39. The molecule has 1 amide bonds. The van der Waals surface area contributed by atoms with Crippen molar-refractivity contribution in [2.45, 2.75) is 44.6 Å². The van der Waals surface area contributed by atoms with E-state index in [9.17, 15) is 23.5 Å². The monoisotopic (exact) mass is 866 g/mol. The fraction of sp³-hybridized carbons (Fsp3) is 0.302. The average molecular weight is 867 g/mol. The molecule has 1 aliphatic carbocycles. The summed E-state index contributed by atoms with van der Waals surface area (Å²) in [5, 5.41) is 35.4. The number of ether oxygens (including phenoxy) is 1. The largest absolute Gasteiger partial charge is 0.455 e. The second-order valence-corrected chi connectivity index (χ2v) is 18.2. The molecule has 6 N–H and O–H groups in total. The highest BCUT2D eigenvalue weighted by Gasteiger charge is 2.30. The fourth-order valence-corrected chi connectivity index (χ4v) is 8.94. The maximum atomic E-state index is 13.9. The summed E-state index contributed by atoms with van der Waals surface area (Å²) in [6, 6.07) is 20.7. The number of allylic oxidation sites excluding steroid dienone is 1. The van der Waals surface area contributed by atoms with Crippen molar-refractivity contribution in [2.24, 2.45) is 5.41 Å². The molecule has 3 aromatic carbocycles. The first kappa shape index (κ1) is 41.7. The molecular weight excluding hydrogens is 820 g/mol. The molecule has 0 spiro atoms. The lowest BCUT2D eigenvalue weighted by atomic mass is 9.72. The van der Waals surface area contributed by atoms with Crippen molar-refractivity contribution in [1.29, 1.82) is 0 Å². The minimum atomic E-state index is -4.51. The molecule has 6 aromatic rings. The molecule has 1 saturated heterocycles. The van der Waals surface area contributed by atoms with Crippen LogP contribution < -0.4 is 24.7 Å². The topological polar surface area (TPSA) is 205 Å². The van der Waals surface area contributed by atoms with Crippen LogP contribution in [0.1, 0.15) is 54.7 Å². The lowest BCUT2D eigenvalue weighted by molar-refractivity contribution is 0.0979. The Morgan fingerprint density at radius 1 is 1.02 bits per heavy atom. The molecule has 0 saturated carbocycles. The van der Waals surface area contributed by atoms with Crippen LogP contribution in [-0.2, 0) is 16.6 Å². The molecule has 318 valence electrons. The number of aliphatic hydroxyl groups is 1. The molecule has 0 bridgehead atoms. The van der Waals surface area contributed by atoms with E-state index >= 15 is 0 Å². The highest BCUT2D eigenvalue weighted by molar-refractivity contribution is 7.90. The van der Waals surface area contributed by atoms with Gasteiger partial charge in [0.25, 0.3) is 15.9 Å². The number of fused-ring (bicyclic) bond motifs is 1.